The smallest absolute Gasteiger partial charge is 0.246 e. The van der Waals surface area contributed by atoms with Gasteiger partial charge in [-0.3, -0.25) is 4.79 Å². The van der Waals surface area contributed by atoms with Gasteiger partial charge in [0.25, 0.3) is 0 Å². The van der Waals surface area contributed by atoms with Crippen molar-refractivity contribution in [1.82, 2.24) is 14.2 Å². The lowest BCUT2D eigenvalue weighted by Crippen LogP contribution is -2.50. The number of fused-ring (bicyclic) bond motifs is 1. The van der Waals surface area contributed by atoms with E-state index >= 15 is 0 Å². The number of hydrogen-bond acceptors (Lipinski definition) is 6. The molecule has 152 valence electrons. The molecule has 0 unspecified atom stereocenters. The number of carbonyl (C=O) groups excluding carboxylic acids is 1. The Bertz CT molecular complexity index is 1150. The summed E-state index contributed by atoms with van der Waals surface area (Å²) in [4.78, 5) is 20.9. The molecule has 3 heterocycles. The Balaban J connectivity index is 1.40. The van der Waals surface area contributed by atoms with E-state index in [1.54, 1.807) is 17.0 Å². The highest BCUT2D eigenvalue weighted by atomic mass is 32.2. The van der Waals surface area contributed by atoms with Crippen molar-refractivity contribution in [3.05, 3.63) is 51.2 Å². The molecule has 1 aromatic carbocycles. The van der Waals surface area contributed by atoms with Crippen molar-refractivity contribution in [2.45, 2.75) is 18.7 Å². The predicted octanol–water partition coefficient (Wildman–Crippen LogP) is 3.52. The van der Waals surface area contributed by atoms with Crippen LogP contribution in [0, 0.1) is 13.8 Å². The minimum atomic E-state index is -3.51. The first-order valence-electron chi connectivity index (χ1n) is 9.24. The highest BCUT2D eigenvalue weighted by molar-refractivity contribution is 7.89. The second-order valence-electron chi connectivity index (χ2n) is 6.86. The first kappa shape index (κ1) is 20.2. The van der Waals surface area contributed by atoms with Gasteiger partial charge >= 0.3 is 0 Å². The SMILES string of the molecule is Cc1cc(S(=O)(=O)N2CCN(C(=O)/C=C/c3nc4ccccc4s3)CC2)c(C)s1. The Labute approximate surface area is 178 Å². The second kappa shape index (κ2) is 7.98. The molecule has 1 fully saturated rings. The third-order valence-electron chi connectivity index (χ3n) is 4.84. The number of aryl methyl sites for hydroxylation is 2. The van der Waals surface area contributed by atoms with Gasteiger partial charge < -0.3 is 4.90 Å². The molecule has 29 heavy (non-hydrogen) atoms. The molecule has 4 rings (SSSR count). The van der Waals surface area contributed by atoms with E-state index in [1.807, 2.05) is 38.1 Å². The number of rotatable bonds is 4. The van der Waals surface area contributed by atoms with Crippen molar-refractivity contribution in [2.24, 2.45) is 0 Å². The summed E-state index contributed by atoms with van der Waals surface area (Å²) in [6.45, 7) is 5.10. The van der Waals surface area contributed by atoms with Gasteiger partial charge in [-0.2, -0.15) is 4.31 Å². The van der Waals surface area contributed by atoms with Crippen molar-refractivity contribution in [3.8, 4) is 0 Å². The Morgan fingerprint density at radius 1 is 1.10 bits per heavy atom. The first-order valence-corrected chi connectivity index (χ1v) is 12.3. The maximum Gasteiger partial charge on any atom is 0.246 e. The molecule has 1 saturated heterocycles. The third-order valence-corrected chi connectivity index (χ3v) is 8.96. The molecular formula is C20H21N3O3S3. The van der Waals surface area contributed by atoms with Gasteiger partial charge in [-0.25, -0.2) is 13.4 Å². The van der Waals surface area contributed by atoms with Gasteiger partial charge in [0.2, 0.25) is 15.9 Å². The molecule has 1 aliphatic heterocycles. The molecule has 0 bridgehead atoms. The lowest BCUT2D eigenvalue weighted by atomic mass is 10.3. The Morgan fingerprint density at radius 3 is 2.48 bits per heavy atom. The summed E-state index contributed by atoms with van der Waals surface area (Å²) in [6, 6.07) is 9.58. The molecule has 0 spiro atoms. The summed E-state index contributed by atoms with van der Waals surface area (Å²) >= 11 is 3.02. The number of aromatic nitrogens is 1. The van der Waals surface area contributed by atoms with Gasteiger partial charge in [0.05, 0.1) is 15.1 Å². The van der Waals surface area contributed by atoms with E-state index in [2.05, 4.69) is 4.98 Å². The van der Waals surface area contributed by atoms with Crippen LogP contribution in [0.4, 0.5) is 0 Å². The van der Waals surface area contributed by atoms with Crippen molar-refractivity contribution >= 4 is 54.9 Å². The molecular weight excluding hydrogens is 426 g/mol. The number of para-hydroxylation sites is 1. The quantitative estimate of drug-likeness (QED) is 0.574. The van der Waals surface area contributed by atoms with Crippen LogP contribution in [0.5, 0.6) is 0 Å². The number of thiazole rings is 1. The van der Waals surface area contributed by atoms with E-state index in [0.29, 0.717) is 31.1 Å². The number of amides is 1. The maximum atomic E-state index is 12.9. The van der Waals surface area contributed by atoms with Crippen molar-refractivity contribution < 1.29 is 13.2 Å². The fraction of sp³-hybridized carbons (Fsp3) is 0.300. The van der Waals surface area contributed by atoms with Gasteiger partial charge in [0.1, 0.15) is 5.01 Å². The normalized spacial score (nSPS) is 16.1. The Morgan fingerprint density at radius 2 is 1.83 bits per heavy atom. The standard InChI is InChI=1S/C20H21N3O3S3/c1-14-13-18(15(2)27-14)29(25,26)23-11-9-22(10-12-23)20(24)8-7-19-21-16-5-3-4-6-17(16)28-19/h3-8,13H,9-12H2,1-2H3/b8-7+. The zero-order chi connectivity index (χ0) is 20.6. The van der Waals surface area contributed by atoms with Crippen molar-refractivity contribution in [1.29, 1.82) is 0 Å². The molecule has 0 aliphatic carbocycles. The number of benzene rings is 1. The first-order chi connectivity index (χ1) is 13.8. The van der Waals surface area contributed by atoms with E-state index in [9.17, 15) is 13.2 Å². The van der Waals surface area contributed by atoms with Crippen LogP contribution in [0.25, 0.3) is 16.3 Å². The molecule has 0 saturated carbocycles. The van der Waals surface area contributed by atoms with Crippen LogP contribution in [-0.2, 0) is 14.8 Å². The van der Waals surface area contributed by atoms with E-state index in [0.717, 1.165) is 25.0 Å². The second-order valence-corrected chi connectivity index (χ2v) is 11.3. The summed E-state index contributed by atoms with van der Waals surface area (Å²) in [5, 5.41) is 0.782. The Hall–Kier alpha value is -2.07. The summed E-state index contributed by atoms with van der Waals surface area (Å²) < 4.78 is 28.4. The molecule has 0 atom stereocenters. The maximum absolute atomic E-state index is 12.9. The highest BCUT2D eigenvalue weighted by Gasteiger charge is 2.31. The van der Waals surface area contributed by atoms with Crippen LogP contribution in [0.15, 0.2) is 41.3 Å². The number of thiophene rings is 1. The van der Waals surface area contributed by atoms with Gasteiger partial charge in [-0.1, -0.05) is 12.1 Å². The van der Waals surface area contributed by atoms with Gasteiger partial charge in [0, 0.05) is 42.0 Å². The minimum Gasteiger partial charge on any atom is -0.337 e. The van der Waals surface area contributed by atoms with E-state index in [1.165, 1.54) is 33.1 Å². The molecule has 0 radical (unpaired) electrons. The van der Waals surface area contributed by atoms with Gasteiger partial charge in [0.15, 0.2) is 0 Å². The Kier molecular flexibility index (Phi) is 5.56. The zero-order valence-electron chi connectivity index (χ0n) is 16.2. The van der Waals surface area contributed by atoms with Crippen LogP contribution in [0.3, 0.4) is 0 Å². The predicted molar refractivity (Wildman–Crippen MR) is 118 cm³/mol. The molecule has 0 N–H and O–H groups in total. The van der Waals surface area contributed by atoms with Crippen molar-refractivity contribution in [3.63, 3.8) is 0 Å². The average Bonchev–Trinajstić information content (AvgIpc) is 3.28. The topological polar surface area (TPSA) is 70.6 Å². The largest absolute Gasteiger partial charge is 0.337 e. The lowest BCUT2D eigenvalue weighted by Gasteiger charge is -2.33. The molecule has 9 heteroatoms. The number of piperazine rings is 1. The number of hydrogen-bond donors (Lipinski definition) is 0. The van der Waals surface area contributed by atoms with Crippen molar-refractivity contribution in [2.75, 3.05) is 26.2 Å². The number of sulfonamides is 1. The van der Waals surface area contributed by atoms with Gasteiger partial charge in [-0.15, -0.1) is 22.7 Å². The monoisotopic (exact) mass is 447 g/mol. The summed E-state index contributed by atoms with van der Waals surface area (Å²) in [6.07, 6.45) is 3.25. The zero-order valence-corrected chi connectivity index (χ0v) is 18.6. The molecule has 6 nitrogen and oxygen atoms in total. The van der Waals surface area contributed by atoms with E-state index in [4.69, 9.17) is 0 Å². The fourth-order valence-corrected chi connectivity index (χ4v) is 7.18. The fourth-order valence-electron chi connectivity index (χ4n) is 3.36. The molecule has 3 aromatic rings. The molecule has 1 amide bonds. The highest BCUT2D eigenvalue weighted by Crippen LogP contribution is 2.28. The third kappa shape index (κ3) is 4.13. The lowest BCUT2D eigenvalue weighted by molar-refractivity contribution is -0.127. The minimum absolute atomic E-state index is 0.121. The van der Waals surface area contributed by atoms with Crippen LogP contribution in [-0.4, -0.2) is 54.7 Å². The van der Waals surface area contributed by atoms with Crippen LogP contribution >= 0.6 is 22.7 Å². The van der Waals surface area contributed by atoms with Gasteiger partial charge in [-0.05, 0) is 38.1 Å². The van der Waals surface area contributed by atoms with E-state index in [-0.39, 0.29) is 5.91 Å². The van der Waals surface area contributed by atoms with E-state index < -0.39 is 10.0 Å². The summed E-state index contributed by atoms with van der Waals surface area (Å²) in [5.41, 5.74) is 0.919. The molecule has 1 aliphatic rings. The number of carbonyl (C=O) groups is 1. The molecule has 2 aromatic heterocycles. The van der Waals surface area contributed by atoms with Crippen LogP contribution in [0.1, 0.15) is 14.8 Å². The van der Waals surface area contributed by atoms with Crippen LogP contribution in [0.2, 0.25) is 0 Å². The summed E-state index contributed by atoms with van der Waals surface area (Å²) in [5.74, 6) is -0.121. The summed E-state index contributed by atoms with van der Waals surface area (Å²) in [7, 11) is -3.51. The average molecular weight is 448 g/mol. The number of nitrogens with zero attached hydrogens (tertiary/aromatic N) is 3. The van der Waals surface area contributed by atoms with Crippen LogP contribution < -0.4 is 0 Å².